The van der Waals surface area contributed by atoms with Crippen LogP contribution in [0.2, 0.25) is 0 Å². The Balaban J connectivity index is 3.37. The number of rotatable bonds is 3. The minimum atomic E-state index is -0.796. The fraction of sp³-hybridized carbons (Fsp3) is 0.222. The van der Waals surface area contributed by atoms with Crippen LogP contribution < -0.4 is 4.74 Å². The predicted octanol–water partition coefficient (Wildman–Crippen LogP) is 1.10. The molecule has 7 heteroatoms. The SMILES string of the molecule is COC(=O)c1cc(O)c([N+](=O)[O-])c(OC)c1. The summed E-state index contributed by atoms with van der Waals surface area (Å²) < 4.78 is 9.13. The number of methoxy groups -OCH3 is 2. The standard InChI is InChI=1S/C9H9NO6/c1-15-7-4-5(9(12)16-2)3-6(11)8(7)10(13)14/h3-4,11H,1-2H3. The van der Waals surface area contributed by atoms with Crippen molar-refractivity contribution in [3.63, 3.8) is 0 Å². The van der Waals surface area contributed by atoms with Crippen molar-refractivity contribution in [3.05, 3.63) is 27.8 Å². The molecule has 1 rings (SSSR count). The number of nitrogens with zero attached hydrogens (tertiary/aromatic N) is 1. The third-order valence-corrected chi connectivity index (χ3v) is 1.88. The van der Waals surface area contributed by atoms with E-state index in [9.17, 15) is 20.0 Å². The van der Waals surface area contributed by atoms with Crippen molar-refractivity contribution in [3.8, 4) is 11.5 Å². The van der Waals surface area contributed by atoms with Gasteiger partial charge in [0, 0.05) is 12.1 Å². The maximum absolute atomic E-state index is 11.2. The third kappa shape index (κ3) is 2.02. The van der Waals surface area contributed by atoms with Gasteiger partial charge in [0.25, 0.3) is 0 Å². The van der Waals surface area contributed by atoms with E-state index < -0.39 is 22.3 Å². The summed E-state index contributed by atoms with van der Waals surface area (Å²) in [5, 5.41) is 20.0. The molecule has 1 N–H and O–H groups in total. The minimum absolute atomic E-state index is 0.0255. The molecule has 0 aliphatic carbocycles. The van der Waals surface area contributed by atoms with E-state index in [1.165, 1.54) is 7.11 Å². The van der Waals surface area contributed by atoms with Gasteiger partial charge in [-0.05, 0) is 0 Å². The quantitative estimate of drug-likeness (QED) is 0.471. The number of esters is 1. The zero-order valence-electron chi connectivity index (χ0n) is 8.59. The number of nitro groups is 1. The van der Waals surface area contributed by atoms with Crippen molar-refractivity contribution in [2.75, 3.05) is 14.2 Å². The highest BCUT2D eigenvalue weighted by Gasteiger charge is 2.24. The van der Waals surface area contributed by atoms with Crippen molar-refractivity contribution in [1.29, 1.82) is 0 Å². The number of phenolic OH excluding ortho intramolecular Hbond substituents is 1. The first-order valence-corrected chi connectivity index (χ1v) is 4.15. The van der Waals surface area contributed by atoms with Crippen LogP contribution >= 0.6 is 0 Å². The summed E-state index contributed by atoms with van der Waals surface area (Å²) in [6.45, 7) is 0. The van der Waals surface area contributed by atoms with Gasteiger partial charge >= 0.3 is 11.7 Å². The molecule has 0 aromatic heterocycles. The second kappa shape index (κ2) is 4.47. The smallest absolute Gasteiger partial charge is 0.352 e. The maximum Gasteiger partial charge on any atom is 0.352 e. The number of carbonyl (C=O) groups excluding carboxylic acids is 1. The highest BCUT2D eigenvalue weighted by Crippen LogP contribution is 2.37. The number of ether oxygens (including phenoxy) is 2. The van der Waals surface area contributed by atoms with E-state index in [1.54, 1.807) is 0 Å². The molecule has 7 nitrogen and oxygen atoms in total. The number of carbonyl (C=O) groups is 1. The van der Waals surface area contributed by atoms with Gasteiger partial charge in [0.05, 0.1) is 24.7 Å². The molecule has 0 spiro atoms. The molecule has 0 heterocycles. The molecular weight excluding hydrogens is 218 g/mol. The highest BCUT2D eigenvalue weighted by atomic mass is 16.6. The van der Waals surface area contributed by atoms with Crippen LogP contribution in [-0.4, -0.2) is 30.2 Å². The van der Waals surface area contributed by atoms with E-state index in [0.717, 1.165) is 19.2 Å². The zero-order valence-corrected chi connectivity index (χ0v) is 8.59. The Morgan fingerprint density at radius 2 is 2.06 bits per heavy atom. The molecule has 0 saturated heterocycles. The van der Waals surface area contributed by atoms with E-state index in [2.05, 4.69) is 4.74 Å². The molecule has 16 heavy (non-hydrogen) atoms. The summed E-state index contributed by atoms with van der Waals surface area (Å²) in [5.41, 5.74) is -0.613. The first-order chi connectivity index (χ1) is 7.51. The summed E-state index contributed by atoms with van der Waals surface area (Å²) in [5.74, 6) is -1.57. The molecule has 0 saturated carbocycles. The highest BCUT2D eigenvalue weighted by molar-refractivity contribution is 5.91. The molecule has 86 valence electrons. The largest absolute Gasteiger partial charge is 0.502 e. The lowest BCUT2D eigenvalue weighted by Gasteiger charge is -2.05. The predicted molar refractivity (Wildman–Crippen MR) is 52.7 cm³/mol. The zero-order chi connectivity index (χ0) is 12.3. The van der Waals surface area contributed by atoms with Crippen LogP contribution in [0.5, 0.6) is 11.5 Å². The Morgan fingerprint density at radius 1 is 1.44 bits per heavy atom. The van der Waals surface area contributed by atoms with Gasteiger partial charge < -0.3 is 14.6 Å². The van der Waals surface area contributed by atoms with E-state index in [-0.39, 0.29) is 11.3 Å². The molecule has 0 atom stereocenters. The fourth-order valence-electron chi connectivity index (χ4n) is 1.17. The second-order valence-corrected chi connectivity index (χ2v) is 2.79. The number of phenols is 1. The van der Waals surface area contributed by atoms with Gasteiger partial charge in [-0.2, -0.15) is 0 Å². The molecule has 0 amide bonds. The maximum atomic E-state index is 11.2. The summed E-state index contributed by atoms with van der Waals surface area (Å²) in [7, 11) is 2.36. The van der Waals surface area contributed by atoms with Crippen LogP contribution in [0.15, 0.2) is 12.1 Å². The van der Waals surface area contributed by atoms with Gasteiger partial charge in [0.1, 0.15) is 0 Å². The van der Waals surface area contributed by atoms with Gasteiger partial charge in [0.15, 0.2) is 5.75 Å². The van der Waals surface area contributed by atoms with Crippen LogP contribution in [0, 0.1) is 10.1 Å². The molecule has 1 aromatic rings. The Morgan fingerprint density at radius 3 is 2.50 bits per heavy atom. The molecule has 0 fully saturated rings. The normalized spacial score (nSPS) is 9.62. The monoisotopic (exact) mass is 227 g/mol. The van der Waals surface area contributed by atoms with E-state index in [0.29, 0.717) is 0 Å². The average molecular weight is 227 g/mol. The number of hydrogen-bond acceptors (Lipinski definition) is 6. The van der Waals surface area contributed by atoms with Crippen molar-refractivity contribution in [2.45, 2.75) is 0 Å². The van der Waals surface area contributed by atoms with Crippen LogP contribution in [0.25, 0.3) is 0 Å². The van der Waals surface area contributed by atoms with Crippen molar-refractivity contribution in [2.24, 2.45) is 0 Å². The third-order valence-electron chi connectivity index (χ3n) is 1.88. The van der Waals surface area contributed by atoms with Gasteiger partial charge in [0.2, 0.25) is 5.75 Å². The Hall–Kier alpha value is -2.31. The lowest BCUT2D eigenvalue weighted by atomic mass is 10.1. The van der Waals surface area contributed by atoms with Crippen molar-refractivity contribution >= 4 is 11.7 Å². The average Bonchev–Trinajstić information content (AvgIpc) is 2.26. The van der Waals surface area contributed by atoms with Crippen molar-refractivity contribution < 1.29 is 24.3 Å². The Kier molecular flexibility index (Phi) is 3.29. The Labute approximate surface area is 90.4 Å². The molecule has 1 aromatic carbocycles. The van der Waals surface area contributed by atoms with E-state index in [4.69, 9.17) is 4.74 Å². The molecule has 0 aliphatic rings. The van der Waals surface area contributed by atoms with Gasteiger partial charge in [-0.25, -0.2) is 4.79 Å². The summed E-state index contributed by atoms with van der Waals surface area (Å²) in [6.07, 6.45) is 0. The summed E-state index contributed by atoms with van der Waals surface area (Å²) in [4.78, 5) is 21.0. The molecule has 0 bridgehead atoms. The van der Waals surface area contributed by atoms with E-state index in [1.807, 2.05) is 0 Å². The second-order valence-electron chi connectivity index (χ2n) is 2.79. The molecule has 0 aliphatic heterocycles. The number of hydrogen-bond donors (Lipinski definition) is 1. The molecular formula is C9H9NO6. The molecule has 0 unspecified atom stereocenters. The summed E-state index contributed by atoms with van der Waals surface area (Å²) in [6, 6.07) is 2.08. The van der Waals surface area contributed by atoms with Crippen LogP contribution in [-0.2, 0) is 4.74 Å². The fourth-order valence-corrected chi connectivity index (χ4v) is 1.17. The van der Waals surface area contributed by atoms with Gasteiger partial charge in [-0.3, -0.25) is 10.1 Å². The Bertz CT molecular complexity index is 442. The number of aromatic hydroxyl groups is 1. The van der Waals surface area contributed by atoms with Gasteiger partial charge in [-0.1, -0.05) is 0 Å². The first kappa shape index (κ1) is 11.8. The lowest BCUT2D eigenvalue weighted by Crippen LogP contribution is -2.03. The summed E-state index contributed by atoms with van der Waals surface area (Å²) >= 11 is 0. The van der Waals surface area contributed by atoms with Crippen LogP contribution in [0.3, 0.4) is 0 Å². The topological polar surface area (TPSA) is 98.9 Å². The molecule has 0 radical (unpaired) electrons. The van der Waals surface area contributed by atoms with Gasteiger partial charge in [-0.15, -0.1) is 0 Å². The number of nitro benzene ring substituents is 1. The lowest BCUT2D eigenvalue weighted by molar-refractivity contribution is -0.386. The minimum Gasteiger partial charge on any atom is -0.502 e. The van der Waals surface area contributed by atoms with Crippen LogP contribution in [0.1, 0.15) is 10.4 Å². The van der Waals surface area contributed by atoms with E-state index >= 15 is 0 Å². The first-order valence-electron chi connectivity index (χ1n) is 4.15. The van der Waals surface area contributed by atoms with Crippen LogP contribution in [0.4, 0.5) is 5.69 Å². The number of benzene rings is 1. The van der Waals surface area contributed by atoms with Crippen molar-refractivity contribution in [1.82, 2.24) is 0 Å².